The molecule has 0 radical (unpaired) electrons. The molecule has 172 valence electrons. The van der Waals surface area contributed by atoms with Crippen LogP contribution in [-0.4, -0.2) is 0 Å². The van der Waals surface area contributed by atoms with E-state index in [-0.39, 0.29) is 0 Å². The molecule has 3 aromatic rings. The minimum absolute atomic E-state index is 1.28. The Bertz CT molecular complexity index is 862. The third kappa shape index (κ3) is 8.86. The van der Waals surface area contributed by atoms with Gasteiger partial charge in [0.2, 0.25) is 0 Å². The maximum absolute atomic E-state index is 2.38. The van der Waals surface area contributed by atoms with Gasteiger partial charge in [0.1, 0.15) is 0 Å². The van der Waals surface area contributed by atoms with E-state index in [2.05, 4.69) is 64.4 Å². The molecule has 0 saturated heterocycles. The van der Waals surface area contributed by atoms with Crippen molar-refractivity contribution in [1.82, 2.24) is 0 Å². The molecule has 3 heterocycles. The van der Waals surface area contributed by atoms with Crippen LogP contribution in [0.1, 0.15) is 97.2 Å². The van der Waals surface area contributed by atoms with E-state index in [0.717, 1.165) is 0 Å². The van der Waals surface area contributed by atoms with Crippen molar-refractivity contribution >= 4 is 34.0 Å². The van der Waals surface area contributed by atoms with Crippen LogP contribution in [0.5, 0.6) is 0 Å². The Hall–Kier alpha value is -0.900. The minimum atomic E-state index is 1.28. The van der Waals surface area contributed by atoms with Crippen LogP contribution in [0.3, 0.4) is 0 Å². The summed E-state index contributed by atoms with van der Waals surface area (Å²) in [6.07, 6.45) is 13.4. The summed E-state index contributed by atoms with van der Waals surface area (Å²) in [6, 6.07) is 4.57. The van der Waals surface area contributed by atoms with Gasteiger partial charge in [-0.15, -0.1) is 34.0 Å². The molecule has 0 unspecified atom stereocenters. The van der Waals surface area contributed by atoms with Gasteiger partial charge in [0.05, 0.1) is 0 Å². The van der Waals surface area contributed by atoms with Crippen LogP contribution in [0.25, 0.3) is 9.75 Å². The first-order chi connectivity index (χ1) is 15.0. The molecular formula is C28H42S3. The van der Waals surface area contributed by atoms with Gasteiger partial charge in [0.15, 0.2) is 0 Å². The number of unbranched alkanes of at least 4 members (excludes halogenated alkanes) is 6. The molecule has 3 rings (SSSR count). The number of hydrogen-bond donors (Lipinski definition) is 0. The summed E-state index contributed by atoms with van der Waals surface area (Å²) in [4.78, 5) is 6.04. The molecule has 0 saturated carbocycles. The van der Waals surface area contributed by atoms with E-state index < -0.39 is 0 Å². The highest BCUT2D eigenvalue weighted by Gasteiger charge is 2.17. The summed E-state index contributed by atoms with van der Waals surface area (Å²) in [7, 11) is 0. The molecule has 31 heavy (non-hydrogen) atoms. The predicted molar refractivity (Wildman–Crippen MR) is 147 cm³/mol. The molecular weight excluding hydrogens is 433 g/mol. The van der Waals surface area contributed by atoms with E-state index in [4.69, 9.17) is 0 Å². The molecule has 0 aliphatic rings. The summed E-state index contributed by atoms with van der Waals surface area (Å²) < 4.78 is 0. The van der Waals surface area contributed by atoms with Crippen molar-refractivity contribution in [3.63, 3.8) is 0 Å². The lowest BCUT2D eigenvalue weighted by atomic mass is 9.96. The van der Waals surface area contributed by atoms with Crippen molar-refractivity contribution in [3.8, 4) is 9.75 Å². The van der Waals surface area contributed by atoms with Gasteiger partial charge in [-0.2, -0.15) is 0 Å². The summed E-state index contributed by atoms with van der Waals surface area (Å²) >= 11 is 5.77. The molecule has 0 aliphatic carbocycles. The smallest absolute Gasteiger partial charge is 0.0480 e. The Morgan fingerprint density at radius 2 is 1.23 bits per heavy atom. The van der Waals surface area contributed by atoms with Gasteiger partial charge in [0.25, 0.3) is 0 Å². The Morgan fingerprint density at radius 3 is 1.68 bits per heavy atom. The van der Waals surface area contributed by atoms with E-state index >= 15 is 0 Å². The molecule has 3 aromatic heterocycles. The van der Waals surface area contributed by atoms with Gasteiger partial charge in [0, 0.05) is 19.5 Å². The van der Waals surface area contributed by atoms with Gasteiger partial charge in [-0.25, -0.2) is 0 Å². The lowest BCUT2D eigenvalue weighted by molar-refractivity contribution is 0.651. The lowest BCUT2D eigenvalue weighted by Gasteiger charge is -2.08. The van der Waals surface area contributed by atoms with E-state index in [9.17, 15) is 0 Å². The topological polar surface area (TPSA) is 0 Å². The van der Waals surface area contributed by atoms with Gasteiger partial charge >= 0.3 is 0 Å². The van der Waals surface area contributed by atoms with Crippen molar-refractivity contribution in [2.75, 3.05) is 0 Å². The maximum atomic E-state index is 2.38. The Labute approximate surface area is 203 Å². The zero-order valence-electron chi connectivity index (χ0n) is 20.6. The zero-order chi connectivity index (χ0) is 22.6. The largest absolute Gasteiger partial charge is 0.149 e. The number of rotatable bonds is 11. The van der Waals surface area contributed by atoms with Crippen molar-refractivity contribution in [1.29, 1.82) is 0 Å². The standard InChI is InChI=1S/C22H34S2.C6H8S/c1-5-7-9-11-13-19-18(4)24-22(21-15-17(3)16-23-21)20(19)14-12-10-8-6-2;1-5-3-6(2)7-4-5/h15-16H,5-14H2,1-4H3;3-4H,1-2H3. The summed E-state index contributed by atoms with van der Waals surface area (Å²) in [6.45, 7) is 13.4. The molecule has 0 amide bonds. The molecule has 0 aromatic carbocycles. The van der Waals surface area contributed by atoms with Crippen molar-refractivity contribution < 1.29 is 0 Å². The van der Waals surface area contributed by atoms with Crippen molar-refractivity contribution in [2.45, 2.75) is 106 Å². The van der Waals surface area contributed by atoms with Gasteiger partial charge in [-0.1, -0.05) is 52.4 Å². The normalized spacial score (nSPS) is 10.9. The Balaban J connectivity index is 0.000000412. The number of hydrogen-bond acceptors (Lipinski definition) is 3. The molecule has 0 spiro atoms. The molecule has 0 atom stereocenters. The highest BCUT2D eigenvalue weighted by molar-refractivity contribution is 7.21. The van der Waals surface area contributed by atoms with Crippen LogP contribution in [0.2, 0.25) is 0 Å². The summed E-state index contributed by atoms with van der Waals surface area (Å²) in [5, 5.41) is 4.46. The fraction of sp³-hybridized carbons (Fsp3) is 0.571. The highest BCUT2D eigenvalue weighted by Crippen LogP contribution is 2.41. The van der Waals surface area contributed by atoms with Gasteiger partial charge in [-0.05, 0) is 98.5 Å². The van der Waals surface area contributed by atoms with Crippen molar-refractivity contribution in [3.05, 3.63) is 54.9 Å². The SMILES string of the molecule is CCCCCCc1c(C)sc(-c2cc(C)cs2)c1CCCCCC.Cc1csc(C)c1. The highest BCUT2D eigenvalue weighted by atomic mass is 32.1. The second-order valence-electron chi connectivity index (χ2n) is 8.79. The van der Waals surface area contributed by atoms with E-state index in [1.165, 1.54) is 85.1 Å². The first-order valence-electron chi connectivity index (χ1n) is 12.1. The van der Waals surface area contributed by atoms with E-state index in [1.54, 1.807) is 32.2 Å². The first-order valence-corrected chi connectivity index (χ1v) is 14.7. The first kappa shape index (κ1) is 26.4. The quantitative estimate of drug-likeness (QED) is 0.242. The van der Waals surface area contributed by atoms with Crippen LogP contribution >= 0.6 is 34.0 Å². The van der Waals surface area contributed by atoms with Crippen LogP contribution in [0.4, 0.5) is 0 Å². The van der Waals surface area contributed by atoms with Crippen molar-refractivity contribution in [2.24, 2.45) is 0 Å². The number of thiophene rings is 3. The fourth-order valence-electron chi connectivity index (χ4n) is 4.00. The molecule has 0 fully saturated rings. The summed E-state index contributed by atoms with van der Waals surface area (Å²) in [5.74, 6) is 0. The minimum Gasteiger partial charge on any atom is -0.149 e. The zero-order valence-corrected chi connectivity index (χ0v) is 23.1. The Kier molecular flexibility index (Phi) is 12.1. The third-order valence-electron chi connectivity index (χ3n) is 5.70. The lowest BCUT2D eigenvalue weighted by Crippen LogP contribution is -1.95. The second kappa shape index (κ2) is 14.3. The Morgan fingerprint density at radius 1 is 0.645 bits per heavy atom. The molecule has 0 aliphatic heterocycles. The fourth-order valence-corrected chi connectivity index (χ4v) is 6.99. The van der Waals surface area contributed by atoms with Crippen LogP contribution in [-0.2, 0) is 12.8 Å². The third-order valence-corrected chi connectivity index (χ3v) is 9.09. The predicted octanol–water partition coefficient (Wildman–Crippen LogP) is 10.7. The van der Waals surface area contributed by atoms with Crippen LogP contribution < -0.4 is 0 Å². The molecule has 0 bridgehead atoms. The molecule has 3 heteroatoms. The van der Waals surface area contributed by atoms with E-state index in [0.29, 0.717) is 0 Å². The van der Waals surface area contributed by atoms with E-state index in [1.807, 2.05) is 22.7 Å². The second-order valence-corrected chi connectivity index (χ2v) is 12.0. The van der Waals surface area contributed by atoms with Gasteiger partial charge in [-0.3, -0.25) is 0 Å². The number of aryl methyl sites for hydroxylation is 4. The monoisotopic (exact) mass is 474 g/mol. The maximum Gasteiger partial charge on any atom is 0.0480 e. The van der Waals surface area contributed by atoms with Crippen LogP contribution in [0, 0.1) is 27.7 Å². The average molecular weight is 475 g/mol. The van der Waals surface area contributed by atoms with Gasteiger partial charge < -0.3 is 0 Å². The molecule has 0 nitrogen and oxygen atoms in total. The summed E-state index contributed by atoms with van der Waals surface area (Å²) in [5.41, 5.74) is 6.16. The average Bonchev–Trinajstić information content (AvgIpc) is 3.42. The van der Waals surface area contributed by atoms with Crippen LogP contribution in [0.15, 0.2) is 22.9 Å². The molecule has 0 N–H and O–H groups in total.